The molecule has 1 aromatic heterocycles. The second-order valence-corrected chi connectivity index (χ2v) is 5.84. The monoisotopic (exact) mass is 312 g/mol. The molecule has 1 atom stereocenters. The van der Waals surface area contributed by atoms with Gasteiger partial charge in [-0.2, -0.15) is 5.10 Å². The van der Waals surface area contributed by atoms with Crippen molar-refractivity contribution in [3.05, 3.63) is 46.0 Å². The van der Waals surface area contributed by atoms with Crippen LogP contribution in [0.15, 0.2) is 24.5 Å². The third kappa shape index (κ3) is 3.51. The largest absolute Gasteiger partial charge is 0.313 e. The molecule has 108 valence electrons. The second kappa shape index (κ2) is 6.57. The quantitative estimate of drug-likeness (QED) is 0.916. The van der Waals surface area contributed by atoms with Crippen molar-refractivity contribution in [1.29, 1.82) is 0 Å². The molecule has 0 aliphatic heterocycles. The van der Waals surface area contributed by atoms with Crippen LogP contribution in [0.4, 0.5) is 0 Å². The summed E-state index contributed by atoms with van der Waals surface area (Å²) < 4.78 is 1.93. The van der Waals surface area contributed by atoms with Gasteiger partial charge in [0.05, 0.1) is 0 Å². The second-order valence-electron chi connectivity index (χ2n) is 4.96. The van der Waals surface area contributed by atoms with Crippen LogP contribution in [-0.2, 0) is 6.42 Å². The normalized spacial score (nSPS) is 12.9. The number of hydrogen-bond donors (Lipinski definition) is 1. The van der Waals surface area contributed by atoms with Crippen molar-refractivity contribution in [1.82, 2.24) is 20.1 Å². The zero-order valence-electron chi connectivity index (χ0n) is 11.8. The SMILES string of the molecule is CNC(Cc1ncnn1C(C)C)c1cc(Cl)cc(Cl)c1. The minimum Gasteiger partial charge on any atom is -0.313 e. The number of hydrogen-bond acceptors (Lipinski definition) is 3. The van der Waals surface area contributed by atoms with Gasteiger partial charge >= 0.3 is 0 Å². The molecular formula is C14H18Cl2N4. The van der Waals surface area contributed by atoms with Gasteiger partial charge in [0.25, 0.3) is 0 Å². The number of nitrogens with one attached hydrogen (secondary N) is 1. The molecule has 0 amide bonds. The van der Waals surface area contributed by atoms with Gasteiger partial charge in [0, 0.05) is 28.5 Å². The van der Waals surface area contributed by atoms with Crippen LogP contribution in [0, 0.1) is 0 Å². The van der Waals surface area contributed by atoms with Crippen molar-refractivity contribution < 1.29 is 0 Å². The van der Waals surface area contributed by atoms with Gasteiger partial charge in [-0.1, -0.05) is 23.2 Å². The molecule has 1 N–H and O–H groups in total. The summed E-state index contributed by atoms with van der Waals surface area (Å²) in [6.07, 6.45) is 2.32. The van der Waals surface area contributed by atoms with E-state index >= 15 is 0 Å². The summed E-state index contributed by atoms with van der Waals surface area (Å²) in [4.78, 5) is 4.34. The minimum atomic E-state index is 0.0906. The van der Waals surface area contributed by atoms with Crippen LogP contribution < -0.4 is 5.32 Å². The molecule has 4 nitrogen and oxygen atoms in total. The summed E-state index contributed by atoms with van der Waals surface area (Å²) in [5.41, 5.74) is 1.04. The summed E-state index contributed by atoms with van der Waals surface area (Å²) in [6, 6.07) is 5.95. The van der Waals surface area contributed by atoms with E-state index in [1.165, 1.54) is 0 Å². The van der Waals surface area contributed by atoms with Gasteiger partial charge in [0.15, 0.2) is 0 Å². The Bertz CT molecular complexity index is 560. The Kier molecular flexibility index (Phi) is 5.02. The van der Waals surface area contributed by atoms with E-state index in [0.717, 1.165) is 17.8 Å². The maximum absolute atomic E-state index is 6.07. The van der Waals surface area contributed by atoms with Crippen molar-refractivity contribution >= 4 is 23.2 Å². The zero-order chi connectivity index (χ0) is 14.7. The van der Waals surface area contributed by atoms with Gasteiger partial charge in [-0.3, -0.25) is 0 Å². The predicted molar refractivity (Wildman–Crippen MR) is 82.4 cm³/mol. The molecular weight excluding hydrogens is 295 g/mol. The summed E-state index contributed by atoms with van der Waals surface area (Å²) >= 11 is 12.1. The van der Waals surface area contributed by atoms with E-state index in [1.54, 1.807) is 12.4 Å². The minimum absolute atomic E-state index is 0.0906. The van der Waals surface area contributed by atoms with Crippen LogP contribution >= 0.6 is 23.2 Å². The number of rotatable bonds is 5. The average Bonchev–Trinajstić information content (AvgIpc) is 2.82. The van der Waals surface area contributed by atoms with E-state index in [1.807, 2.05) is 23.9 Å². The third-order valence-electron chi connectivity index (χ3n) is 3.16. The first-order chi connectivity index (χ1) is 9.51. The summed E-state index contributed by atoms with van der Waals surface area (Å²) in [6.45, 7) is 4.17. The first-order valence-corrected chi connectivity index (χ1v) is 7.28. The summed E-state index contributed by atoms with van der Waals surface area (Å²) in [5, 5.41) is 8.81. The fourth-order valence-corrected chi connectivity index (χ4v) is 2.74. The van der Waals surface area contributed by atoms with E-state index < -0.39 is 0 Å². The lowest BCUT2D eigenvalue weighted by atomic mass is 10.0. The lowest BCUT2D eigenvalue weighted by Crippen LogP contribution is -2.21. The standard InChI is InChI=1S/C14H18Cl2N4/c1-9(2)20-14(18-8-19-20)7-13(17-3)10-4-11(15)6-12(16)5-10/h4-6,8-9,13,17H,7H2,1-3H3. The average molecular weight is 313 g/mol. The smallest absolute Gasteiger partial charge is 0.138 e. The van der Waals surface area contributed by atoms with Crippen molar-refractivity contribution in [2.45, 2.75) is 32.4 Å². The van der Waals surface area contributed by atoms with Crippen LogP contribution in [0.1, 0.15) is 37.3 Å². The van der Waals surface area contributed by atoms with Gasteiger partial charge in [0.2, 0.25) is 0 Å². The number of likely N-dealkylation sites (N-methyl/N-ethyl adjacent to an activating group) is 1. The molecule has 6 heteroatoms. The molecule has 0 aliphatic carbocycles. The van der Waals surface area contributed by atoms with Gasteiger partial charge < -0.3 is 5.32 Å². The van der Waals surface area contributed by atoms with Gasteiger partial charge in [0.1, 0.15) is 12.2 Å². The van der Waals surface area contributed by atoms with E-state index in [-0.39, 0.29) is 12.1 Å². The highest BCUT2D eigenvalue weighted by Crippen LogP contribution is 2.25. The maximum Gasteiger partial charge on any atom is 0.138 e. The molecule has 1 aromatic carbocycles. The Hall–Kier alpha value is -1.10. The highest BCUT2D eigenvalue weighted by molar-refractivity contribution is 6.34. The molecule has 0 aliphatic rings. The Balaban J connectivity index is 2.26. The van der Waals surface area contributed by atoms with E-state index in [2.05, 4.69) is 29.2 Å². The summed E-state index contributed by atoms with van der Waals surface area (Å²) in [5.74, 6) is 0.940. The van der Waals surface area contributed by atoms with Crippen molar-refractivity contribution in [3.8, 4) is 0 Å². The lowest BCUT2D eigenvalue weighted by Gasteiger charge is -2.18. The first kappa shape index (κ1) is 15.3. The molecule has 20 heavy (non-hydrogen) atoms. The van der Waals surface area contributed by atoms with Crippen LogP contribution in [0.3, 0.4) is 0 Å². The number of benzene rings is 1. The molecule has 0 saturated carbocycles. The van der Waals surface area contributed by atoms with E-state index in [4.69, 9.17) is 23.2 Å². The molecule has 0 radical (unpaired) electrons. The molecule has 0 saturated heterocycles. The van der Waals surface area contributed by atoms with Crippen LogP contribution in [-0.4, -0.2) is 21.8 Å². The van der Waals surface area contributed by atoms with Crippen molar-refractivity contribution in [2.24, 2.45) is 0 Å². The van der Waals surface area contributed by atoms with Crippen LogP contribution in [0.2, 0.25) is 10.0 Å². The van der Waals surface area contributed by atoms with Crippen molar-refractivity contribution in [3.63, 3.8) is 0 Å². The van der Waals surface area contributed by atoms with Gasteiger partial charge in [-0.15, -0.1) is 0 Å². The van der Waals surface area contributed by atoms with Gasteiger partial charge in [-0.25, -0.2) is 9.67 Å². The molecule has 0 fully saturated rings. The highest BCUT2D eigenvalue weighted by atomic mass is 35.5. The highest BCUT2D eigenvalue weighted by Gasteiger charge is 2.16. The van der Waals surface area contributed by atoms with Gasteiger partial charge in [-0.05, 0) is 44.7 Å². The third-order valence-corrected chi connectivity index (χ3v) is 3.60. The topological polar surface area (TPSA) is 42.7 Å². The van der Waals surface area contributed by atoms with E-state index in [9.17, 15) is 0 Å². The molecule has 0 bridgehead atoms. The lowest BCUT2D eigenvalue weighted by molar-refractivity contribution is 0.478. The molecule has 0 spiro atoms. The molecule has 2 rings (SSSR count). The molecule has 1 unspecified atom stereocenters. The Labute approximate surface area is 129 Å². The van der Waals surface area contributed by atoms with Crippen molar-refractivity contribution in [2.75, 3.05) is 7.05 Å². The van der Waals surface area contributed by atoms with Crippen LogP contribution in [0.5, 0.6) is 0 Å². The Morgan fingerprint density at radius 3 is 2.40 bits per heavy atom. The number of halogens is 2. The fourth-order valence-electron chi connectivity index (χ4n) is 2.20. The number of nitrogens with zero attached hydrogens (tertiary/aromatic N) is 3. The number of aromatic nitrogens is 3. The molecule has 2 aromatic rings. The Morgan fingerprint density at radius 1 is 1.20 bits per heavy atom. The Morgan fingerprint density at radius 2 is 1.85 bits per heavy atom. The fraction of sp³-hybridized carbons (Fsp3) is 0.429. The predicted octanol–water partition coefficient (Wildman–Crippen LogP) is 3.67. The van der Waals surface area contributed by atoms with Crippen LogP contribution in [0.25, 0.3) is 0 Å². The maximum atomic E-state index is 6.07. The molecule has 1 heterocycles. The zero-order valence-corrected chi connectivity index (χ0v) is 13.3. The summed E-state index contributed by atoms with van der Waals surface area (Å²) in [7, 11) is 1.91. The first-order valence-electron chi connectivity index (χ1n) is 6.53. The van der Waals surface area contributed by atoms with E-state index in [0.29, 0.717) is 10.0 Å².